The fourth-order valence-corrected chi connectivity index (χ4v) is 3.66. The number of likely N-dealkylation sites (tertiary alicyclic amines) is 1. The molecule has 0 saturated carbocycles. The van der Waals surface area contributed by atoms with Gasteiger partial charge in [0, 0.05) is 26.2 Å². The van der Waals surface area contributed by atoms with Gasteiger partial charge in [-0.15, -0.1) is 0 Å². The first-order chi connectivity index (χ1) is 10.4. The highest BCUT2D eigenvalue weighted by molar-refractivity contribution is 5.49. The van der Waals surface area contributed by atoms with Gasteiger partial charge in [-0.25, -0.2) is 0 Å². The predicted molar refractivity (Wildman–Crippen MR) is 81.8 cm³/mol. The van der Waals surface area contributed by atoms with Crippen LogP contribution in [0.1, 0.15) is 30.4 Å². The number of nitrogens with zero attached hydrogens (tertiary/aromatic N) is 2. The molecule has 1 aromatic rings. The Hall–Kier alpha value is -1.26. The summed E-state index contributed by atoms with van der Waals surface area (Å²) < 4.78 is 11.0. The third kappa shape index (κ3) is 2.87. The lowest BCUT2D eigenvalue weighted by Gasteiger charge is -2.32. The highest BCUT2D eigenvalue weighted by atomic mass is 16.7. The van der Waals surface area contributed by atoms with Crippen molar-refractivity contribution in [2.75, 3.05) is 39.5 Å². The van der Waals surface area contributed by atoms with Gasteiger partial charge in [-0.2, -0.15) is 0 Å². The minimum absolute atomic E-state index is 0.372. The molecule has 0 aliphatic carbocycles. The van der Waals surface area contributed by atoms with Crippen LogP contribution >= 0.6 is 0 Å². The molecular formula is C17H24N2O2. The smallest absolute Gasteiger partial charge is 0.231 e. The number of benzene rings is 1. The fraction of sp³-hybridized carbons (Fsp3) is 0.647. The van der Waals surface area contributed by atoms with Crippen LogP contribution in [0.2, 0.25) is 0 Å². The van der Waals surface area contributed by atoms with Crippen LogP contribution in [0.4, 0.5) is 0 Å². The Morgan fingerprint density at radius 2 is 1.52 bits per heavy atom. The number of hydrogen-bond acceptors (Lipinski definition) is 4. The lowest BCUT2D eigenvalue weighted by atomic mass is 9.99. The van der Waals surface area contributed by atoms with Gasteiger partial charge in [0.1, 0.15) is 0 Å². The lowest BCUT2D eigenvalue weighted by molar-refractivity contribution is 0.173. The third-order valence-corrected chi connectivity index (χ3v) is 4.97. The van der Waals surface area contributed by atoms with Gasteiger partial charge in [-0.1, -0.05) is 6.42 Å². The molecule has 1 fully saturated rings. The first kappa shape index (κ1) is 13.4. The molecule has 21 heavy (non-hydrogen) atoms. The van der Waals surface area contributed by atoms with Crippen LogP contribution in [0, 0.1) is 0 Å². The van der Waals surface area contributed by atoms with Crippen LogP contribution in [-0.2, 0) is 13.0 Å². The topological polar surface area (TPSA) is 24.9 Å². The second-order valence-corrected chi connectivity index (χ2v) is 6.40. The van der Waals surface area contributed by atoms with E-state index in [1.165, 1.54) is 63.1 Å². The molecule has 0 N–H and O–H groups in total. The Morgan fingerprint density at radius 1 is 0.810 bits per heavy atom. The average molecular weight is 288 g/mol. The summed E-state index contributed by atoms with van der Waals surface area (Å²) in [5.41, 5.74) is 2.86. The van der Waals surface area contributed by atoms with Crippen molar-refractivity contribution in [3.8, 4) is 11.5 Å². The van der Waals surface area contributed by atoms with Crippen LogP contribution in [-0.4, -0.2) is 49.3 Å². The molecule has 0 radical (unpaired) electrons. The first-order valence-corrected chi connectivity index (χ1v) is 8.24. The van der Waals surface area contributed by atoms with Gasteiger partial charge in [0.15, 0.2) is 11.5 Å². The SMILES string of the molecule is c1c2c(cc3c1OCO3)CN(CCN1CCCCC1)CC2. The van der Waals surface area contributed by atoms with Crippen molar-refractivity contribution in [1.29, 1.82) is 0 Å². The quantitative estimate of drug-likeness (QED) is 0.852. The van der Waals surface area contributed by atoms with Crippen molar-refractivity contribution in [2.24, 2.45) is 0 Å². The maximum absolute atomic E-state index is 5.51. The Balaban J connectivity index is 1.37. The molecule has 3 heterocycles. The first-order valence-electron chi connectivity index (χ1n) is 8.24. The molecule has 4 nitrogen and oxygen atoms in total. The molecule has 1 saturated heterocycles. The van der Waals surface area contributed by atoms with Gasteiger partial charge in [-0.05, 0) is 55.6 Å². The third-order valence-electron chi connectivity index (χ3n) is 4.97. The normalized spacial score (nSPS) is 22.3. The lowest BCUT2D eigenvalue weighted by Crippen LogP contribution is -2.39. The highest BCUT2D eigenvalue weighted by Gasteiger charge is 2.22. The summed E-state index contributed by atoms with van der Waals surface area (Å²) in [6.45, 7) is 7.59. The summed E-state index contributed by atoms with van der Waals surface area (Å²) in [6.07, 6.45) is 5.31. The van der Waals surface area contributed by atoms with Crippen LogP contribution in [0.15, 0.2) is 12.1 Å². The van der Waals surface area contributed by atoms with Crippen LogP contribution < -0.4 is 9.47 Å². The summed E-state index contributed by atoms with van der Waals surface area (Å²) in [7, 11) is 0. The molecule has 0 spiro atoms. The van der Waals surface area contributed by atoms with Crippen molar-refractivity contribution in [2.45, 2.75) is 32.2 Å². The Bertz CT molecular complexity index is 512. The van der Waals surface area contributed by atoms with Gasteiger partial charge in [0.05, 0.1) is 0 Å². The van der Waals surface area contributed by atoms with Crippen molar-refractivity contribution >= 4 is 0 Å². The summed E-state index contributed by atoms with van der Waals surface area (Å²) >= 11 is 0. The van der Waals surface area contributed by atoms with E-state index in [1.807, 2.05) is 0 Å². The standard InChI is InChI=1S/C17H24N2O2/c1-2-5-18(6-3-1)8-9-19-7-4-14-10-16-17(21-13-20-16)11-15(14)12-19/h10-11H,1-9,12-13H2. The van der Waals surface area contributed by atoms with E-state index < -0.39 is 0 Å². The van der Waals surface area contributed by atoms with Gasteiger partial charge >= 0.3 is 0 Å². The van der Waals surface area contributed by atoms with Gasteiger partial charge in [0.25, 0.3) is 0 Å². The van der Waals surface area contributed by atoms with Crippen LogP contribution in [0.25, 0.3) is 0 Å². The zero-order valence-electron chi connectivity index (χ0n) is 12.6. The van der Waals surface area contributed by atoms with E-state index in [0.717, 1.165) is 24.5 Å². The van der Waals surface area contributed by atoms with Crippen molar-refractivity contribution < 1.29 is 9.47 Å². The minimum Gasteiger partial charge on any atom is -0.454 e. The molecule has 4 heteroatoms. The van der Waals surface area contributed by atoms with E-state index in [-0.39, 0.29) is 0 Å². The maximum atomic E-state index is 5.51. The summed E-state index contributed by atoms with van der Waals surface area (Å²) in [5.74, 6) is 1.85. The molecule has 4 rings (SSSR count). The van der Waals surface area contributed by atoms with E-state index in [9.17, 15) is 0 Å². The number of ether oxygens (including phenoxy) is 2. The van der Waals surface area contributed by atoms with Gasteiger partial charge in [-0.3, -0.25) is 4.90 Å². The summed E-state index contributed by atoms with van der Waals surface area (Å²) in [5, 5.41) is 0. The Morgan fingerprint density at radius 3 is 2.33 bits per heavy atom. The molecule has 1 aromatic carbocycles. The van der Waals surface area contributed by atoms with E-state index in [1.54, 1.807) is 0 Å². The van der Waals surface area contributed by atoms with Crippen molar-refractivity contribution in [3.05, 3.63) is 23.3 Å². The summed E-state index contributed by atoms with van der Waals surface area (Å²) in [4.78, 5) is 5.21. The van der Waals surface area contributed by atoms with Crippen molar-refractivity contribution in [1.82, 2.24) is 9.80 Å². The largest absolute Gasteiger partial charge is 0.454 e. The number of piperidine rings is 1. The van der Waals surface area contributed by atoms with Crippen molar-refractivity contribution in [3.63, 3.8) is 0 Å². The van der Waals surface area contributed by atoms with E-state index in [0.29, 0.717) is 6.79 Å². The molecule has 3 aliphatic heterocycles. The van der Waals surface area contributed by atoms with E-state index >= 15 is 0 Å². The molecule has 0 unspecified atom stereocenters. The number of hydrogen-bond donors (Lipinski definition) is 0. The average Bonchev–Trinajstić information content (AvgIpc) is 2.98. The predicted octanol–water partition coefficient (Wildman–Crippen LogP) is 2.26. The second-order valence-electron chi connectivity index (χ2n) is 6.40. The van der Waals surface area contributed by atoms with Gasteiger partial charge < -0.3 is 14.4 Å². The Kier molecular flexibility index (Phi) is 3.74. The summed E-state index contributed by atoms with van der Waals surface area (Å²) in [6, 6.07) is 4.37. The molecule has 0 aromatic heterocycles. The highest BCUT2D eigenvalue weighted by Crippen LogP contribution is 2.36. The zero-order valence-corrected chi connectivity index (χ0v) is 12.6. The van der Waals surface area contributed by atoms with E-state index in [4.69, 9.17) is 9.47 Å². The maximum Gasteiger partial charge on any atom is 0.231 e. The Labute approximate surface area is 126 Å². The molecule has 114 valence electrons. The zero-order chi connectivity index (χ0) is 14.1. The van der Waals surface area contributed by atoms with Crippen LogP contribution in [0.3, 0.4) is 0 Å². The number of rotatable bonds is 3. The fourth-order valence-electron chi connectivity index (χ4n) is 3.66. The minimum atomic E-state index is 0.372. The molecule has 0 bridgehead atoms. The second kappa shape index (κ2) is 5.85. The number of fused-ring (bicyclic) bond motifs is 2. The van der Waals surface area contributed by atoms with Gasteiger partial charge in [0.2, 0.25) is 6.79 Å². The molecular weight excluding hydrogens is 264 g/mol. The van der Waals surface area contributed by atoms with E-state index in [2.05, 4.69) is 21.9 Å². The monoisotopic (exact) mass is 288 g/mol. The molecule has 3 aliphatic rings. The van der Waals surface area contributed by atoms with Crippen LogP contribution in [0.5, 0.6) is 11.5 Å². The molecule has 0 atom stereocenters. The molecule has 0 amide bonds.